The van der Waals surface area contributed by atoms with E-state index in [1.807, 2.05) is 23.9 Å². The van der Waals surface area contributed by atoms with E-state index >= 15 is 0 Å². The molecule has 0 radical (unpaired) electrons. The Balaban J connectivity index is 2.57. The van der Waals surface area contributed by atoms with Crippen LogP contribution in [0.1, 0.15) is 17.2 Å². The second-order valence-corrected chi connectivity index (χ2v) is 5.15. The zero-order chi connectivity index (χ0) is 10.1. The SMILES string of the molecule is COc1ccc(Br)c2c1CSC[C@H]2N. The van der Waals surface area contributed by atoms with Crippen molar-refractivity contribution in [2.45, 2.75) is 11.8 Å². The molecule has 0 spiro atoms. The molecule has 1 atom stereocenters. The molecule has 2 nitrogen and oxygen atoms in total. The Morgan fingerprint density at radius 1 is 1.57 bits per heavy atom. The fourth-order valence-electron chi connectivity index (χ4n) is 1.73. The van der Waals surface area contributed by atoms with Crippen LogP contribution in [0.2, 0.25) is 0 Å². The van der Waals surface area contributed by atoms with Gasteiger partial charge in [-0.25, -0.2) is 0 Å². The quantitative estimate of drug-likeness (QED) is 0.855. The van der Waals surface area contributed by atoms with Crippen molar-refractivity contribution in [1.29, 1.82) is 0 Å². The third-order valence-corrected chi connectivity index (χ3v) is 4.17. The lowest BCUT2D eigenvalue weighted by Crippen LogP contribution is -2.20. The van der Waals surface area contributed by atoms with Crippen LogP contribution in [-0.2, 0) is 5.75 Å². The zero-order valence-corrected chi connectivity index (χ0v) is 10.3. The minimum Gasteiger partial charge on any atom is -0.496 e. The number of hydrogen-bond acceptors (Lipinski definition) is 3. The average Bonchev–Trinajstić information content (AvgIpc) is 2.18. The molecule has 0 saturated carbocycles. The van der Waals surface area contributed by atoms with Gasteiger partial charge in [0.15, 0.2) is 0 Å². The summed E-state index contributed by atoms with van der Waals surface area (Å²) in [4.78, 5) is 0. The summed E-state index contributed by atoms with van der Waals surface area (Å²) in [5.41, 5.74) is 8.52. The van der Waals surface area contributed by atoms with Gasteiger partial charge in [-0.3, -0.25) is 0 Å². The molecular weight excluding hydrogens is 262 g/mol. The third-order valence-electron chi connectivity index (χ3n) is 2.40. The first kappa shape index (κ1) is 10.3. The van der Waals surface area contributed by atoms with Gasteiger partial charge in [0.1, 0.15) is 5.75 Å². The van der Waals surface area contributed by atoms with Gasteiger partial charge < -0.3 is 10.5 Å². The van der Waals surface area contributed by atoms with E-state index in [1.54, 1.807) is 7.11 Å². The molecule has 2 N–H and O–H groups in total. The predicted molar refractivity (Wildman–Crippen MR) is 63.8 cm³/mol. The second-order valence-electron chi connectivity index (χ2n) is 3.26. The minimum absolute atomic E-state index is 0.119. The Bertz CT molecular complexity index is 356. The van der Waals surface area contributed by atoms with E-state index in [0.717, 1.165) is 21.7 Å². The van der Waals surface area contributed by atoms with Crippen LogP contribution in [-0.4, -0.2) is 12.9 Å². The van der Waals surface area contributed by atoms with E-state index in [-0.39, 0.29) is 6.04 Å². The van der Waals surface area contributed by atoms with Crippen molar-refractivity contribution in [2.75, 3.05) is 12.9 Å². The maximum absolute atomic E-state index is 6.06. The van der Waals surface area contributed by atoms with Crippen LogP contribution in [0, 0.1) is 0 Å². The van der Waals surface area contributed by atoms with Gasteiger partial charge in [-0.1, -0.05) is 15.9 Å². The molecule has 1 aromatic rings. The summed E-state index contributed by atoms with van der Waals surface area (Å²) in [6.07, 6.45) is 0. The lowest BCUT2D eigenvalue weighted by molar-refractivity contribution is 0.410. The molecule has 0 aromatic heterocycles. The molecular formula is C10H12BrNOS. The number of rotatable bonds is 1. The van der Waals surface area contributed by atoms with Crippen LogP contribution in [0.5, 0.6) is 5.75 Å². The first-order valence-corrected chi connectivity index (χ1v) is 6.37. The molecule has 0 fully saturated rings. The van der Waals surface area contributed by atoms with Crippen LogP contribution < -0.4 is 10.5 Å². The van der Waals surface area contributed by atoms with Crippen molar-refractivity contribution >= 4 is 27.7 Å². The van der Waals surface area contributed by atoms with Gasteiger partial charge >= 0.3 is 0 Å². The average molecular weight is 274 g/mol. The molecule has 0 unspecified atom stereocenters. The molecule has 1 aliphatic rings. The van der Waals surface area contributed by atoms with Gasteiger partial charge in [0, 0.05) is 27.6 Å². The number of ether oxygens (including phenoxy) is 1. The number of methoxy groups -OCH3 is 1. The van der Waals surface area contributed by atoms with Gasteiger partial charge in [0.2, 0.25) is 0 Å². The Morgan fingerprint density at radius 3 is 3.07 bits per heavy atom. The highest BCUT2D eigenvalue weighted by Crippen LogP contribution is 2.39. The number of hydrogen-bond donors (Lipinski definition) is 1. The number of fused-ring (bicyclic) bond motifs is 1. The highest BCUT2D eigenvalue weighted by Gasteiger charge is 2.22. The number of benzene rings is 1. The molecule has 1 aliphatic heterocycles. The third kappa shape index (κ3) is 1.66. The summed E-state index contributed by atoms with van der Waals surface area (Å²) in [6, 6.07) is 4.11. The largest absolute Gasteiger partial charge is 0.496 e. The van der Waals surface area contributed by atoms with Crippen molar-refractivity contribution in [3.05, 3.63) is 27.7 Å². The number of halogens is 1. The van der Waals surface area contributed by atoms with Gasteiger partial charge in [-0.2, -0.15) is 11.8 Å². The summed E-state index contributed by atoms with van der Waals surface area (Å²) in [7, 11) is 1.70. The van der Waals surface area contributed by atoms with E-state index < -0.39 is 0 Å². The van der Waals surface area contributed by atoms with Crippen molar-refractivity contribution in [3.8, 4) is 5.75 Å². The van der Waals surface area contributed by atoms with E-state index in [4.69, 9.17) is 10.5 Å². The Morgan fingerprint density at radius 2 is 2.36 bits per heavy atom. The highest BCUT2D eigenvalue weighted by atomic mass is 79.9. The molecule has 1 aromatic carbocycles. The first-order valence-electron chi connectivity index (χ1n) is 4.42. The van der Waals surface area contributed by atoms with Gasteiger partial charge in [-0.05, 0) is 17.7 Å². The molecule has 4 heteroatoms. The van der Waals surface area contributed by atoms with Crippen molar-refractivity contribution in [3.63, 3.8) is 0 Å². The van der Waals surface area contributed by atoms with Crippen LogP contribution in [0.25, 0.3) is 0 Å². The molecule has 14 heavy (non-hydrogen) atoms. The van der Waals surface area contributed by atoms with E-state index in [9.17, 15) is 0 Å². The summed E-state index contributed by atoms with van der Waals surface area (Å²) in [6.45, 7) is 0. The van der Waals surface area contributed by atoms with Crippen molar-refractivity contribution in [1.82, 2.24) is 0 Å². The summed E-state index contributed by atoms with van der Waals surface area (Å²) < 4.78 is 6.42. The van der Waals surface area contributed by atoms with E-state index in [1.165, 1.54) is 11.1 Å². The fourth-order valence-corrected chi connectivity index (χ4v) is 3.43. The normalized spacial score (nSPS) is 20.4. The predicted octanol–water partition coefficient (Wildman–Crippen LogP) is 2.70. The number of nitrogens with two attached hydrogens (primary N) is 1. The Labute approximate surface area is 96.3 Å². The molecule has 0 bridgehead atoms. The number of thioether (sulfide) groups is 1. The molecule has 0 saturated heterocycles. The van der Waals surface area contributed by atoms with Gasteiger partial charge in [-0.15, -0.1) is 0 Å². The first-order chi connectivity index (χ1) is 6.74. The van der Waals surface area contributed by atoms with Gasteiger partial charge in [0.25, 0.3) is 0 Å². The molecule has 0 amide bonds. The maximum Gasteiger partial charge on any atom is 0.123 e. The van der Waals surface area contributed by atoms with Crippen molar-refractivity contribution in [2.24, 2.45) is 5.73 Å². The Hall–Kier alpha value is -0.190. The molecule has 0 aliphatic carbocycles. The topological polar surface area (TPSA) is 35.2 Å². The summed E-state index contributed by atoms with van der Waals surface area (Å²) in [5, 5.41) is 0. The smallest absolute Gasteiger partial charge is 0.123 e. The van der Waals surface area contributed by atoms with Crippen LogP contribution >= 0.6 is 27.7 Å². The molecule has 76 valence electrons. The van der Waals surface area contributed by atoms with Crippen LogP contribution in [0.4, 0.5) is 0 Å². The minimum atomic E-state index is 0.119. The van der Waals surface area contributed by atoms with Crippen molar-refractivity contribution < 1.29 is 4.74 Å². The standard InChI is InChI=1S/C10H12BrNOS/c1-13-9-3-2-7(11)10-6(9)4-14-5-8(10)12/h2-3,8H,4-5,12H2,1H3/t8-/m1/s1. The monoisotopic (exact) mass is 273 g/mol. The maximum atomic E-state index is 6.06. The highest BCUT2D eigenvalue weighted by molar-refractivity contribution is 9.10. The van der Waals surface area contributed by atoms with Crippen LogP contribution in [0.15, 0.2) is 16.6 Å². The van der Waals surface area contributed by atoms with Crippen LogP contribution in [0.3, 0.4) is 0 Å². The zero-order valence-electron chi connectivity index (χ0n) is 7.92. The lowest BCUT2D eigenvalue weighted by atomic mass is 10.0. The van der Waals surface area contributed by atoms with E-state index in [2.05, 4.69) is 15.9 Å². The summed E-state index contributed by atoms with van der Waals surface area (Å²) >= 11 is 5.40. The second kappa shape index (κ2) is 4.13. The van der Waals surface area contributed by atoms with Gasteiger partial charge in [0.05, 0.1) is 7.11 Å². The fraction of sp³-hybridized carbons (Fsp3) is 0.400. The van der Waals surface area contributed by atoms with E-state index in [0.29, 0.717) is 0 Å². The lowest BCUT2D eigenvalue weighted by Gasteiger charge is -2.24. The summed E-state index contributed by atoms with van der Waals surface area (Å²) in [5.74, 6) is 2.93. The molecule has 2 rings (SSSR count). The molecule has 1 heterocycles. The Kier molecular flexibility index (Phi) is 3.04.